The van der Waals surface area contributed by atoms with Crippen molar-refractivity contribution in [2.75, 3.05) is 39.3 Å². The molecule has 3 rings (SSSR count). The highest BCUT2D eigenvalue weighted by Crippen LogP contribution is 2.22. The second kappa shape index (κ2) is 7.57. The normalized spacial score (nSPS) is 24.6. The zero-order valence-corrected chi connectivity index (χ0v) is 13.8. The quantitative estimate of drug-likeness (QED) is 0.898. The number of aliphatic hydroxyl groups excluding tert-OH is 1. The second-order valence-corrected chi connectivity index (χ2v) is 7.18. The van der Waals surface area contributed by atoms with Gasteiger partial charge in [0.1, 0.15) is 0 Å². The van der Waals surface area contributed by atoms with E-state index in [1.165, 1.54) is 12.8 Å². The Morgan fingerprint density at radius 1 is 1.05 bits per heavy atom. The van der Waals surface area contributed by atoms with Gasteiger partial charge in [-0.05, 0) is 44.7 Å². The largest absolute Gasteiger partial charge is 0.390 e. The van der Waals surface area contributed by atoms with Gasteiger partial charge in [0.25, 0.3) is 0 Å². The molecule has 3 heterocycles. The summed E-state index contributed by atoms with van der Waals surface area (Å²) in [6.45, 7) is 8.46. The van der Waals surface area contributed by atoms with E-state index in [1.54, 1.807) is 0 Å². The average molecular weight is 306 g/mol. The minimum absolute atomic E-state index is 0.210. The van der Waals surface area contributed by atoms with Gasteiger partial charge in [-0.2, -0.15) is 0 Å². The highest BCUT2D eigenvalue weighted by Gasteiger charge is 2.23. The molecule has 124 valence electrons. The van der Waals surface area contributed by atoms with E-state index < -0.39 is 0 Å². The molecule has 0 radical (unpaired) electrons. The van der Waals surface area contributed by atoms with Crippen LogP contribution in [0.25, 0.3) is 0 Å². The van der Waals surface area contributed by atoms with Gasteiger partial charge in [-0.1, -0.05) is 6.92 Å². The zero-order valence-electron chi connectivity index (χ0n) is 13.8. The molecular formula is C17H30N4O. The van der Waals surface area contributed by atoms with Crippen LogP contribution in [0.2, 0.25) is 0 Å². The Balaban J connectivity index is 1.37. The van der Waals surface area contributed by atoms with E-state index in [9.17, 15) is 5.11 Å². The molecule has 1 unspecified atom stereocenters. The highest BCUT2D eigenvalue weighted by atomic mass is 16.3. The van der Waals surface area contributed by atoms with Gasteiger partial charge in [-0.15, -0.1) is 0 Å². The first-order chi connectivity index (χ1) is 10.7. The molecule has 1 aromatic rings. The summed E-state index contributed by atoms with van der Waals surface area (Å²) in [6, 6.07) is 0.583. The third-order valence-corrected chi connectivity index (χ3v) is 5.32. The van der Waals surface area contributed by atoms with Crippen molar-refractivity contribution in [3.8, 4) is 0 Å². The molecule has 0 amide bonds. The van der Waals surface area contributed by atoms with Crippen molar-refractivity contribution < 1.29 is 5.11 Å². The van der Waals surface area contributed by atoms with Gasteiger partial charge < -0.3 is 19.5 Å². The van der Waals surface area contributed by atoms with Crippen molar-refractivity contribution in [2.24, 2.45) is 5.92 Å². The fourth-order valence-electron chi connectivity index (χ4n) is 3.78. The SMILES string of the molecule is CC1CCN(CC(O)CN2CCC(n3ccnc3)CC2)CC1. The fraction of sp³-hybridized carbons (Fsp3) is 0.824. The molecule has 0 aliphatic carbocycles. The number of hydrogen-bond donors (Lipinski definition) is 1. The number of likely N-dealkylation sites (tertiary alicyclic amines) is 2. The van der Waals surface area contributed by atoms with Crippen LogP contribution in [0.15, 0.2) is 18.7 Å². The molecule has 5 heteroatoms. The maximum Gasteiger partial charge on any atom is 0.0948 e. The van der Waals surface area contributed by atoms with E-state index in [4.69, 9.17) is 0 Å². The molecule has 2 aliphatic heterocycles. The Bertz CT molecular complexity index is 420. The molecule has 5 nitrogen and oxygen atoms in total. The van der Waals surface area contributed by atoms with Crippen LogP contribution in [0.5, 0.6) is 0 Å². The molecule has 0 spiro atoms. The van der Waals surface area contributed by atoms with Gasteiger partial charge in [-0.25, -0.2) is 4.98 Å². The molecule has 2 aliphatic rings. The van der Waals surface area contributed by atoms with Crippen molar-refractivity contribution in [3.63, 3.8) is 0 Å². The Labute approximate surface area is 133 Å². The summed E-state index contributed by atoms with van der Waals surface area (Å²) in [4.78, 5) is 8.99. The number of piperidine rings is 2. The predicted molar refractivity (Wildman–Crippen MR) is 87.8 cm³/mol. The van der Waals surface area contributed by atoms with Gasteiger partial charge in [0.15, 0.2) is 0 Å². The number of rotatable bonds is 5. The maximum atomic E-state index is 10.4. The lowest BCUT2D eigenvalue weighted by Crippen LogP contribution is -2.45. The Morgan fingerprint density at radius 2 is 1.64 bits per heavy atom. The number of aromatic nitrogens is 2. The van der Waals surface area contributed by atoms with Gasteiger partial charge in [0.2, 0.25) is 0 Å². The summed E-state index contributed by atoms with van der Waals surface area (Å²) in [5, 5.41) is 10.4. The van der Waals surface area contributed by atoms with E-state index in [-0.39, 0.29) is 6.10 Å². The number of β-amino-alcohol motifs (C(OH)–C–C–N with tert-alkyl or cyclic N) is 1. The molecule has 1 aromatic heterocycles. The summed E-state index contributed by atoms with van der Waals surface area (Å²) in [5.41, 5.74) is 0. The molecule has 2 fully saturated rings. The summed E-state index contributed by atoms with van der Waals surface area (Å²) in [6.07, 6.45) is 10.5. The van der Waals surface area contributed by atoms with Crippen LogP contribution < -0.4 is 0 Å². The van der Waals surface area contributed by atoms with Crippen molar-refractivity contribution >= 4 is 0 Å². The molecule has 1 atom stereocenters. The van der Waals surface area contributed by atoms with E-state index in [0.717, 1.165) is 58.0 Å². The Hall–Kier alpha value is -0.910. The predicted octanol–water partition coefficient (Wildman–Crippen LogP) is 1.61. The molecule has 2 saturated heterocycles. The van der Waals surface area contributed by atoms with Crippen LogP contribution in [0, 0.1) is 5.92 Å². The smallest absolute Gasteiger partial charge is 0.0948 e. The number of nitrogens with zero attached hydrogens (tertiary/aromatic N) is 4. The Morgan fingerprint density at radius 3 is 2.18 bits per heavy atom. The minimum atomic E-state index is -0.210. The highest BCUT2D eigenvalue weighted by molar-refractivity contribution is 4.85. The van der Waals surface area contributed by atoms with Gasteiger partial charge in [0.05, 0.1) is 12.4 Å². The van der Waals surface area contributed by atoms with Crippen LogP contribution in [0.3, 0.4) is 0 Å². The standard InChI is InChI=1S/C17H30N4O/c1-15-2-7-19(8-3-15)12-17(22)13-20-9-4-16(5-10-20)21-11-6-18-14-21/h6,11,14-17,22H,2-5,7-10,12-13H2,1H3. The summed E-state index contributed by atoms with van der Waals surface area (Å²) < 4.78 is 2.22. The minimum Gasteiger partial charge on any atom is -0.390 e. The van der Waals surface area contributed by atoms with E-state index in [0.29, 0.717) is 6.04 Å². The third-order valence-electron chi connectivity index (χ3n) is 5.32. The van der Waals surface area contributed by atoms with Crippen molar-refractivity contribution in [3.05, 3.63) is 18.7 Å². The number of aliphatic hydroxyl groups is 1. The van der Waals surface area contributed by atoms with Crippen LogP contribution >= 0.6 is 0 Å². The molecule has 1 N–H and O–H groups in total. The summed E-state index contributed by atoms with van der Waals surface area (Å²) >= 11 is 0. The zero-order chi connectivity index (χ0) is 15.4. The van der Waals surface area contributed by atoms with Gasteiger partial charge in [0, 0.05) is 44.6 Å². The Kier molecular flexibility index (Phi) is 5.50. The van der Waals surface area contributed by atoms with Gasteiger partial charge >= 0.3 is 0 Å². The monoisotopic (exact) mass is 306 g/mol. The third kappa shape index (κ3) is 4.31. The van der Waals surface area contributed by atoms with Gasteiger partial charge in [-0.3, -0.25) is 0 Å². The second-order valence-electron chi connectivity index (χ2n) is 7.18. The molecule has 0 aromatic carbocycles. The first kappa shape index (κ1) is 16.0. The molecular weight excluding hydrogens is 276 g/mol. The number of hydrogen-bond acceptors (Lipinski definition) is 4. The van der Waals surface area contributed by atoms with E-state index in [2.05, 4.69) is 32.5 Å². The maximum absolute atomic E-state index is 10.4. The summed E-state index contributed by atoms with van der Waals surface area (Å²) in [7, 11) is 0. The van der Waals surface area contributed by atoms with Crippen molar-refractivity contribution in [1.82, 2.24) is 19.4 Å². The van der Waals surface area contributed by atoms with Crippen LogP contribution in [0.4, 0.5) is 0 Å². The molecule has 0 saturated carbocycles. The molecule has 22 heavy (non-hydrogen) atoms. The molecule has 0 bridgehead atoms. The van der Waals surface area contributed by atoms with Crippen LogP contribution in [-0.4, -0.2) is 69.8 Å². The topological polar surface area (TPSA) is 44.5 Å². The average Bonchev–Trinajstić information content (AvgIpc) is 3.05. The van der Waals surface area contributed by atoms with Crippen molar-refractivity contribution in [1.29, 1.82) is 0 Å². The van der Waals surface area contributed by atoms with Crippen LogP contribution in [-0.2, 0) is 0 Å². The van der Waals surface area contributed by atoms with E-state index >= 15 is 0 Å². The lowest BCUT2D eigenvalue weighted by Gasteiger charge is -2.36. The first-order valence-electron chi connectivity index (χ1n) is 8.81. The fourth-order valence-corrected chi connectivity index (χ4v) is 3.78. The lowest BCUT2D eigenvalue weighted by molar-refractivity contribution is 0.0511. The first-order valence-corrected chi connectivity index (χ1v) is 8.81. The van der Waals surface area contributed by atoms with Crippen LogP contribution in [0.1, 0.15) is 38.6 Å². The summed E-state index contributed by atoms with van der Waals surface area (Å²) in [5.74, 6) is 0.857. The van der Waals surface area contributed by atoms with E-state index in [1.807, 2.05) is 12.5 Å². The lowest BCUT2D eigenvalue weighted by atomic mass is 9.99. The van der Waals surface area contributed by atoms with Crippen molar-refractivity contribution in [2.45, 2.75) is 44.8 Å². The number of imidazole rings is 1.